The van der Waals surface area contributed by atoms with Gasteiger partial charge in [-0.1, -0.05) is 0 Å². The van der Waals surface area contributed by atoms with Crippen molar-refractivity contribution in [1.29, 1.82) is 5.26 Å². The highest BCUT2D eigenvalue weighted by Gasteiger charge is 2.10. The third-order valence-electron chi connectivity index (χ3n) is 3.23. The van der Waals surface area contributed by atoms with Crippen molar-refractivity contribution in [3.63, 3.8) is 0 Å². The van der Waals surface area contributed by atoms with Crippen LogP contribution in [0.25, 0.3) is 0 Å². The summed E-state index contributed by atoms with van der Waals surface area (Å²) in [4.78, 5) is 14.0. The summed E-state index contributed by atoms with van der Waals surface area (Å²) in [5.74, 6) is 0.597. The van der Waals surface area contributed by atoms with E-state index in [9.17, 15) is 4.79 Å². The number of nitriles is 1. The summed E-state index contributed by atoms with van der Waals surface area (Å²) in [5, 5.41) is 14.0. The maximum atomic E-state index is 11.8. The van der Waals surface area contributed by atoms with Gasteiger partial charge in [0.05, 0.1) is 13.2 Å². The number of benzene rings is 1. The molecular weight excluding hydrogens is 284 g/mol. The summed E-state index contributed by atoms with van der Waals surface area (Å²) >= 11 is 0. The average Bonchev–Trinajstić information content (AvgIpc) is 2.55. The molecule has 0 radical (unpaired) electrons. The lowest BCUT2D eigenvalue weighted by atomic mass is 10.3. The Morgan fingerprint density at radius 2 is 2.05 bits per heavy atom. The summed E-state index contributed by atoms with van der Waals surface area (Å²) in [6.45, 7) is 4.75. The van der Waals surface area contributed by atoms with Crippen molar-refractivity contribution in [2.24, 2.45) is 0 Å². The molecule has 2 N–H and O–H groups in total. The first-order valence-corrected chi connectivity index (χ1v) is 7.23. The molecule has 1 aromatic carbocycles. The molecule has 1 heterocycles. The maximum absolute atomic E-state index is 11.8. The van der Waals surface area contributed by atoms with Crippen molar-refractivity contribution in [2.75, 3.05) is 51.3 Å². The molecule has 0 saturated carbocycles. The van der Waals surface area contributed by atoms with Crippen LogP contribution in [-0.2, 0) is 4.74 Å². The average molecular weight is 304 g/mol. The Labute approximate surface area is 129 Å². The summed E-state index contributed by atoms with van der Waals surface area (Å²) in [5.41, 5.74) is 0.674. The molecule has 118 valence electrons. The Morgan fingerprint density at radius 3 is 2.73 bits per heavy atom. The van der Waals surface area contributed by atoms with Gasteiger partial charge in [-0.2, -0.15) is 5.26 Å². The first kappa shape index (κ1) is 16.1. The number of rotatable bonds is 6. The molecule has 0 spiro atoms. The molecule has 0 aromatic heterocycles. The number of urea groups is 1. The number of nitrogens with one attached hydrogen (secondary N) is 2. The zero-order valence-electron chi connectivity index (χ0n) is 12.4. The molecule has 22 heavy (non-hydrogen) atoms. The minimum absolute atomic E-state index is 0.00873. The smallest absolute Gasteiger partial charge is 0.319 e. The quantitative estimate of drug-likeness (QED) is 0.820. The van der Waals surface area contributed by atoms with Crippen molar-refractivity contribution >= 4 is 11.7 Å². The molecule has 1 aliphatic heterocycles. The van der Waals surface area contributed by atoms with E-state index in [-0.39, 0.29) is 12.6 Å². The molecule has 0 atom stereocenters. The van der Waals surface area contributed by atoms with E-state index in [1.807, 2.05) is 6.07 Å². The maximum Gasteiger partial charge on any atom is 0.319 e. The number of carbonyl (C=O) groups is 1. The van der Waals surface area contributed by atoms with E-state index in [0.29, 0.717) is 18.0 Å². The van der Waals surface area contributed by atoms with Gasteiger partial charge in [0.15, 0.2) is 6.61 Å². The highest BCUT2D eigenvalue weighted by molar-refractivity contribution is 5.89. The van der Waals surface area contributed by atoms with Crippen molar-refractivity contribution in [2.45, 2.75) is 0 Å². The van der Waals surface area contributed by atoms with E-state index in [1.165, 1.54) is 0 Å². The van der Waals surface area contributed by atoms with Crippen LogP contribution in [-0.4, -0.2) is 56.9 Å². The van der Waals surface area contributed by atoms with Crippen molar-refractivity contribution in [3.05, 3.63) is 24.3 Å². The van der Waals surface area contributed by atoms with Crippen molar-refractivity contribution in [1.82, 2.24) is 10.2 Å². The highest BCUT2D eigenvalue weighted by atomic mass is 16.5. The molecule has 7 nitrogen and oxygen atoms in total. The second-order valence-electron chi connectivity index (χ2n) is 4.81. The van der Waals surface area contributed by atoms with Gasteiger partial charge in [0, 0.05) is 31.9 Å². The van der Waals surface area contributed by atoms with Gasteiger partial charge >= 0.3 is 6.03 Å². The fourth-order valence-electron chi connectivity index (χ4n) is 2.08. The minimum atomic E-state index is -0.237. The van der Waals surface area contributed by atoms with Gasteiger partial charge in [0.2, 0.25) is 0 Å². The number of amides is 2. The lowest BCUT2D eigenvalue weighted by molar-refractivity contribution is 0.0388. The standard InChI is InChI=1S/C15H20N4O3/c16-5-10-22-14-3-1-13(2-4-14)18-15(20)17-6-7-19-8-11-21-12-9-19/h1-4H,6-12H2,(H2,17,18,20). The summed E-state index contributed by atoms with van der Waals surface area (Å²) in [6, 6.07) is 8.54. The molecule has 7 heteroatoms. The van der Waals surface area contributed by atoms with Crippen LogP contribution in [0, 0.1) is 11.3 Å². The third-order valence-corrected chi connectivity index (χ3v) is 3.23. The van der Waals surface area contributed by atoms with Crippen LogP contribution in [0.4, 0.5) is 10.5 Å². The van der Waals surface area contributed by atoms with Gasteiger partial charge in [-0.3, -0.25) is 4.90 Å². The second kappa shape index (κ2) is 8.87. The van der Waals surface area contributed by atoms with E-state index in [4.69, 9.17) is 14.7 Å². The van der Waals surface area contributed by atoms with Gasteiger partial charge in [-0.05, 0) is 24.3 Å². The molecule has 1 aliphatic rings. The van der Waals surface area contributed by atoms with E-state index in [2.05, 4.69) is 15.5 Å². The number of nitrogens with zero attached hydrogens (tertiary/aromatic N) is 2. The van der Waals surface area contributed by atoms with Gasteiger partial charge in [0.1, 0.15) is 11.8 Å². The summed E-state index contributed by atoms with van der Waals surface area (Å²) in [7, 11) is 0. The molecule has 0 unspecified atom stereocenters. The molecular formula is C15H20N4O3. The fraction of sp³-hybridized carbons (Fsp3) is 0.467. The first-order chi connectivity index (χ1) is 10.8. The SMILES string of the molecule is N#CCOc1ccc(NC(=O)NCCN2CCOCC2)cc1. The van der Waals surface area contributed by atoms with E-state index < -0.39 is 0 Å². The predicted molar refractivity (Wildman–Crippen MR) is 81.8 cm³/mol. The second-order valence-corrected chi connectivity index (χ2v) is 4.81. The van der Waals surface area contributed by atoms with Gasteiger partial charge in [-0.25, -0.2) is 4.79 Å². The van der Waals surface area contributed by atoms with E-state index in [0.717, 1.165) is 32.8 Å². The lowest BCUT2D eigenvalue weighted by Gasteiger charge is -2.26. The number of anilines is 1. The van der Waals surface area contributed by atoms with Crippen molar-refractivity contribution < 1.29 is 14.3 Å². The normalized spacial score (nSPS) is 14.9. The number of hydrogen-bond acceptors (Lipinski definition) is 5. The van der Waals surface area contributed by atoms with Gasteiger partial charge in [0.25, 0.3) is 0 Å². The Kier molecular flexibility index (Phi) is 6.48. The zero-order chi connectivity index (χ0) is 15.6. The number of carbonyl (C=O) groups excluding carboxylic acids is 1. The molecule has 1 fully saturated rings. The summed E-state index contributed by atoms with van der Waals surface area (Å²) < 4.78 is 10.4. The van der Waals surface area contributed by atoms with Crippen molar-refractivity contribution in [3.8, 4) is 11.8 Å². The molecule has 1 saturated heterocycles. The first-order valence-electron chi connectivity index (χ1n) is 7.23. The van der Waals surface area contributed by atoms with Crippen LogP contribution in [0.3, 0.4) is 0 Å². The topological polar surface area (TPSA) is 86.6 Å². The lowest BCUT2D eigenvalue weighted by Crippen LogP contribution is -2.42. The zero-order valence-corrected chi connectivity index (χ0v) is 12.4. The molecule has 0 aliphatic carbocycles. The number of ether oxygens (including phenoxy) is 2. The van der Waals surface area contributed by atoms with Crippen LogP contribution in [0.1, 0.15) is 0 Å². The molecule has 2 amide bonds. The fourth-order valence-corrected chi connectivity index (χ4v) is 2.08. The Balaban J connectivity index is 1.66. The summed E-state index contributed by atoms with van der Waals surface area (Å²) in [6.07, 6.45) is 0. The molecule has 2 rings (SSSR count). The van der Waals surface area contributed by atoms with Crippen LogP contribution in [0.2, 0.25) is 0 Å². The van der Waals surface area contributed by atoms with Gasteiger partial charge in [-0.15, -0.1) is 0 Å². The van der Waals surface area contributed by atoms with E-state index in [1.54, 1.807) is 24.3 Å². The molecule has 1 aromatic rings. The third kappa shape index (κ3) is 5.60. The van der Waals surface area contributed by atoms with Crippen LogP contribution < -0.4 is 15.4 Å². The predicted octanol–water partition coefficient (Wildman–Crippen LogP) is 1.04. The number of hydrogen-bond donors (Lipinski definition) is 2. The Morgan fingerprint density at radius 1 is 1.32 bits per heavy atom. The van der Waals surface area contributed by atoms with Crippen LogP contribution >= 0.6 is 0 Å². The largest absolute Gasteiger partial charge is 0.479 e. The Bertz CT molecular complexity index is 507. The Hall–Kier alpha value is -2.30. The monoisotopic (exact) mass is 304 g/mol. The minimum Gasteiger partial charge on any atom is -0.479 e. The van der Waals surface area contributed by atoms with Crippen LogP contribution in [0.5, 0.6) is 5.75 Å². The van der Waals surface area contributed by atoms with E-state index >= 15 is 0 Å². The molecule has 0 bridgehead atoms. The van der Waals surface area contributed by atoms with Gasteiger partial charge < -0.3 is 20.1 Å². The number of morpholine rings is 1. The highest BCUT2D eigenvalue weighted by Crippen LogP contribution is 2.15. The van der Waals surface area contributed by atoms with Crippen LogP contribution in [0.15, 0.2) is 24.3 Å².